The topological polar surface area (TPSA) is 59.8 Å². The number of rotatable bonds is 7. The first-order chi connectivity index (χ1) is 13.8. The number of hydrogen-bond donors (Lipinski definition) is 1. The van der Waals surface area contributed by atoms with Crippen molar-refractivity contribution in [3.05, 3.63) is 29.8 Å². The van der Waals surface area contributed by atoms with Gasteiger partial charge in [-0.15, -0.1) is 10.2 Å². The first-order valence-electron chi connectivity index (χ1n) is 10.8. The quantitative estimate of drug-likeness (QED) is 0.619. The van der Waals surface area contributed by atoms with Gasteiger partial charge in [0, 0.05) is 18.2 Å². The molecule has 1 fully saturated rings. The van der Waals surface area contributed by atoms with Gasteiger partial charge in [-0.25, -0.2) is 0 Å². The molecule has 1 atom stereocenters. The highest BCUT2D eigenvalue weighted by Gasteiger charge is 2.27. The van der Waals surface area contributed by atoms with Crippen LogP contribution in [-0.4, -0.2) is 32.5 Å². The van der Waals surface area contributed by atoms with Crippen molar-refractivity contribution in [3.63, 3.8) is 0 Å². The van der Waals surface area contributed by atoms with Crippen LogP contribution >= 0.6 is 11.8 Å². The van der Waals surface area contributed by atoms with E-state index >= 15 is 0 Å². The Morgan fingerprint density at radius 2 is 1.86 bits per heavy atom. The molecule has 158 valence electrons. The molecule has 5 nitrogen and oxygen atoms in total. The summed E-state index contributed by atoms with van der Waals surface area (Å²) in [4.78, 5) is 12.4. The Morgan fingerprint density at radius 1 is 1.21 bits per heavy atom. The molecule has 0 bridgehead atoms. The maximum Gasteiger partial charge on any atom is 0.233 e. The van der Waals surface area contributed by atoms with E-state index in [0.29, 0.717) is 12.6 Å². The molecule has 0 saturated heterocycles. The molecule has 1 saturated carbocycles. The van der Waals surface area contributed by atoms with Crippen molar-refractivity contribution < 1.29 is 4.79 Å². The lowest BCUT2D eigenvalue weighted by atomic mass is 9.86. The molecular formula is C23H34N4OS. The molecular weight excluding hydrogens is 380 g/mol. The van der Waals surface area contributed by atoms with Crippen molar-refractivity contribution in [1.29, 1.82) is 0 Å². The molecule has 0 radical (unpaired) electrons. The highest BCUT2D eigenvalue weighted by Crippen LogP contribution is 2.38. The van der Waals surface area contributed by atoms with Crippen LogP contribution < -0.4 is 5.32 Å². The number of benzene rings is 1. The molecule has 3 rings (SSSR count). The van der Waals surface area contributed by atoms with Crippen LogP contribution in [0.3, 0.4) is 0 Å². The van der Waals surface area contributed by atoms with E-state index in [2.05, 4.69) is 72.0 Å². The molecule has 1 aliphatic rings. The third-order valence-corrected chi connectivity index (χ3v) is 6.62. The van der Waals surface area contributed by atoms with Gasteiger partial charge in [-0.1, -0.05) is 76.6 Å². The molecule has 29 heavy (non-hydrogen) atoms. The summed E-state index contributed by atoms with van der Waals surface area (Å²) in [6.45, 7) is 11.4. The molecule has 1 aromatic heterocycles. The first-order valence-corrected chi connectivity index (χ1v) is 11.7. The van der Waals surface area contributed by atoms with E-state index in [9.17, 15) is 4.79 Å². The van der Waals surface area contributed by atoms with Crippen LogP contribution in [-0.2, 0) is 10.2 Å². The molecule has 1 N–H and O–H groups in total. The molecule has 1 amide bonds. The summed E-state index contributed by atoms with van der Waals surface area (Å²) in [5.74, 6) is 0.981. The molecule has 1 aromatic carbocycles. The van der Waals surface area contributed by atoms with Gasteiger partial charge in [-0.2, -0.15) is 0 Å². The molecule has 1 aliphatic carbocycles. The van der Waals surface area contributed by atoms with Crippen molar-refractivity contribution in [2.45, 2.75) is 88.6 Å². The predicted octanol–water partition coefficient (Wildman–Crippen LogP) is 5.36. The second-order valence-corrected chi connectivity index (χ2v) is 10.3. The lowest BCUT2D eigenvalue weighted by Crippen LogP contribution is -2.31. The number of carbonyl (C=O) groups excluding carboxylic acids is 1. The third kappa shape index (κ3) is 5.21. The summed E-state index contributed by atoms with van der Waals surface area (Å²) >= 11 is 1.52. The van der Waals surface area contributed by atoms with Gasteiger partial charge < -0.3 is 5.32 Å². The van der Waals surface area contributed by atoms with Crippen molar-refractivity contribution in [1.82, 2.24) is 20.1 Å². The molecule has 2 aromatic rings. The summed E-state index contributed by atoms with van der Waals surface area (Å²) in [6.07, 6.45) is 5.71. The summed E-state index contributed by atoms with van der Waals surface area (Å²) in [6, 6.07) is 9.10. The fourth-order valence-electron chi connectivity index (χ4n) is 3.77. The van der Waals surface area contributed by atoms with Crippen molar-refractivity contribution in [2.75, 3.05) is 6.54 Å². The van der Waals surface area contributed by atoms with Gasteiger partial charge in [0.05, 0.1) is 5.25 Å². The summed E-state index contributed by atoms with van der Waals surface area (Å²) in [5.41, 5.74) is 2.52. The van der Waals surface area contributed by atoms with E-state index in [1.807, 2.05) is 6.92 Å². The van der Waals surface area contributed by atoms with E-state index in [0.717, 1.165) is 35.8 Å². The van der Waals surface area contributed by atoms with E-state index < -0.39 is 0 Å². The van der Waals surface area contributed by atoms with Gasteiger partial charge in [0.2, 0.25) is 5.91 Å². The lowest BCUT2D eigenvalue weighted by molar-refractivity contribution is -0.120. The molecule has 0 unspecified atom stereocenters. The fraction of sp³-hybridized carbons (Fsp3) is 0.609. The van der Waals surface area contributed by atoms with Crippen molar-refractivity contribution >= 4 is 17.7 Å². The molecule has 1 heterocycles. The van der Waals surface area contributed by atoms with Crippen LogP contribution in [0.1, 0.15) is 78.3 Å². The van der Waals surface area contributed by atoms with Crippen LogP contribution in [0, 0.1) is 0 Å². The Balaban J connectivity index is 1.89. The summed E-state index contributed by atoms with van der Waals surface area (Å²) < 4.78 is 2.29. The van der Waals surface area contributed by atoms with Crippen LogP contribution in [0.2, 0.25) is 0 Å². The number of hydrogen-bond acceptors (Lipinski definition) is 4. The second kappa shape index (κ2) is 9.33. The number of carbonyl (C=O) groups is 1. The largest absolute Gasteiger partial charge is 0.355 e. The van der Waals surface area contributed by atoms with Gasteiger partial charge >= 0.3 is 0 Å². The van der Waals surface area contributed by atoms with E-state index in [4.69, 9.17) is 0 Å². The minimum atomic E-state index is -0.193. The third-order valence-electron chi connectivity index (χ3n) is 5.56. The Hall–Kier alpha value is -1.82. The van der Waals surface area contributed by atoms with Crippen LogP contribution in [0.5, 0.6) is 0 Å². The molecule has 0 aliphatic heterocycles. The van der Waals surface area contributed by atoms with Crippen LogP contribution in [0.4, 0.5) is 0 Å². The number of nitrogens with one attached hydrogen (secondary N) is 1. The smallest absolute Gasteiger partial charge is 0.233 e. The number of nitrogens with zero attached hydrogens (tertiary/aromatic N) is 3. The molecule has 6 heteroatoms. The van der Waals surface area contributed by atoms with Gasteiger partial charge in [0.15, 0.2) is 11.0 Å². The predicted molar refractivity (Wildman–Crippen MR) is 120 cm³/mol. The summed E-state index contributed by atoms with van der Waals surface area (Å²) in [5, 5.41) is 12.7. The first kappa shape index (κ1) is 21.9. The van der Waals surface area contributed by atoms with Gasteiger partial charge in [-0.3, -0.25) is 9.36 Å². The van der Waals surface area contributed by atoms with Crippen molar-refractivity contribution in [2.24, 2.45) is 0 Å². The SMILES string of the molecule is CCCNC(=O)[C@H](C)Sc1nnc(-c2ccc(C(C)(C)C)cc2)n1C1CCCC1. The van der Waals surface area contributed by atoms with Gasteiger partial charge in [0.25, 0.3) is 0 Å². The number of amides is 1. The number of aromatic nitrogens is 3. The monoisotopic (exact) mass is 414 g/mol. The Kier molecular flexibility index (Phi) is 7.04. The second-order valence-electron chi connectivity index (χ2n) is 8.99. The maximum atomic E-state index is 12.4. The minimum Gasteiger partial charge on any atom is -0.355 e. The standard InChI is InChI=1S/C23H34N4OS/c1-6-15-24-21(28)16(2)29-22-26-25-20(27(22)19-9-7-8-10-19)17-11-13-18(14-12-17)23(3,4)5/h11-14,16,19H,6-10,15H2,1-5H3,(H,24,28)/t16-/m0/s1. The Labute approximate surface area is 179 Å². The van der Waals surface area contributed by atoms with E-state index in [-0.39, 0.29) is 16.6 Å². The maximum absolute atomic E-state index is 12.4. The lowest BCUT2D eigenvalue weighted by Gasteiger charge is -2.20. The zero-order valence-corrected chi connectivity index (χ0v) is 19.2. The van der Waals surface area contributed by atoms with E-state index in [1.54, 1.807) is 0 Å². The van der Waals surface area contributed by atoms with Crippen molar-refractivity contribution in [3.8, 4) is 11.4 Å². The zero-order valence-electron chi connectivity index (χ0n) is 18.4. The fourth-order valence-corrected chi connectivity index (χ4v) is 4.71. The van der Waals surface area contributed by atoms with Gasteiger partial charge in [0.1, 0.15) is 0 Å². The Morgan fingerprint density at radius 3 is 2.45 bits per heavy atom. The average Bonchev–Trinajstić information content (AvgIpc) is 3.35. The van der Waals surface area contributed by atoms with E-state index in [1.165, 1.54) is 30.2 Å². The minimum absolute atomic E-state index is 0.0638. The van der Waals surface area contributed by atoms with Crippen LogP contribution in [0.25, 0.3) is 11.4 Å². The number of thioether (sulfide) groups is 1. The van der Waals surface area contributed by atoms with Crippen LogP contribution in [0.15, 0.2) is 29.4 Å². The highest BCUT2D eigenvalue weighted by molar-refractivity contribution is 8.00. The highest BCUT2D eigenvalue weighted by atomic mass is 32.2. The molecule has 0 spiro atoms. The average molecular weight is 415 g/mol. The zero-order chi connectivity index (χ0) is 21.0. The normalized spacial score (nSPS) is 16.2. The van der Waals surface area contributed by atoms with Gasteiger partial charge in [-0.05, 0) is 37.2 Å². The summed E-state index contributed by atoms with van der Waals surface area (Å²) in [7, 11) is 0. The Bertz CT molecular complexity index is 816.